The molecule has 0 amide bonds. The summed E-state index contributed by atoms with van der Waals surface area (Å²) in [6.07, 6.45) is 13.3. The molecule has 2 saturated carbocycles. The van der Waals surface area contributed by atoms with E-state index in [0.717, 1.165) is 24.2 Å². The second-order valence-electron chi connectivity index (χ2n) is 10.1. The van der Waals surface area contributed by atoms with E-state index < -0.39 is 17.5 Å². The van der Waals surface area contributed by atoms with Crippen LogP contribution in [0.1, 0.15) is 83.6 Å². The van der Waals surface area contributed by atoms with E-state index in [4.69, 9.17) is 4.74 Å². The summed E-state index contributed by atoms with van der Waals surface area (Å²) in [6.45, 7) is 4.32. The Hall–Kier alpha value is -1.71. The van der Waals surface area contributed by atoms with Crippen molar-refractivity contribution in [2.24, 2.45) is 23.7 Å². The number of rotatable bonds is 7. The number of benzene rings is 2. The van der Waals surface area contributed by atoms with Crippen LogP contribution < -0.4 is 4.74 Å². The van der Waals surface area contributed by atoms with E-state index in [1.807, 2.05) is 0 Å². The molecule has 0 heterocycles. The lowest BCUT2D eigenvalue weighted by atomic mass is 9.68. The average Bonchev–Trinajstić information content (AvgIpc) is 2.82. The third-order valence-corrected chi connectivity index (χ3v) is 8.31. The molecule has 0 radical (unpaired) electrons. The van der Waals surface area contributed by atoms with Gasteiger partial charge >= 0.3 is 0 Å². The summed E-state index contributed by atoms with van der Waals surface area (Å²) >= 11 is 0. The molecule has 2 fully saturated rings. The second kappa shape index (κ2) is 10.5. The van der Waals surface area contributed by atoms with Crippen LogP contribution in [0, 0.1) is 41.1 Å². The highest BCUT2D eigenvalue weighted by Gasteiger charge is 2.30. The van der Waals surface area contributed by atoms with E-state index in [9.17, 15) is 13.2 Å². The highest BCUT2D eigenvalue weighted by atomic mass is 19.2. The van der Waals surface area contributed by atoms with Crippen molar-refractivity contribution in [3.05, 3.63) is 41.2 Å². The van der Waals surface area contributed by atoms with Gasteiger partial charge in [0.25, 0.3) is 0 Å². The van der Waals surface area contributed by atoms with Crippen LogP contribution in [0.3, 0.4) is 0 Å². The van der Waals surface area contributed by atoms with Gasteiger partial charge in [-0.05, 0) is 92.2 Å². The zero-order valence-corrected chi connectivity index (χ0v) is 19.6. The van der Waals surface area contributed by atoms with Gasteiger partial charge in [-0.3, -0.25) is 0 Å². The maximum absolute atomic E-state index is 14.8. The summed E-state index contributed by atoms with van der Waals surface area (Å²) in [6, 6.07) is 4.73. The first-order valence-electron chi connectivity index (χ1n) is 12.7. The molecule has 0 N–H and O–H groups in total. The van der Waals surface area contributed by atoms with Gasteiger partial charge in [0.2, 0.25) is 0 Å². The largest absolute Gasteiger partial charge is 0.491 e. The van der Waals surface area contributed by atoms with Crippen molar-refractivity contribution >= 4 is 10.8 Å². The fourth-order valence-electron chi connectivity index (χ4n) is 6.24. The minimum atomic E-state index is -1.09. The smallest absolute Gasteiger partial charge is 0.175 e. The Balaban J connectivity index is 1.36. The summed E-state index contributed by atoms with van der Waals surface area (Å²) in [5, 5.41) is 0.0849. The third-order valence-electron chi connectivity index (χ3n) is 8.31. The molecule has 0 atom stereocenters. The van der Waals surface area contributed by atoms with Crippen molar-refractivity contribution in [2.75, 3.05) is 6.61 Å². The monoisotopic (exact) mass is 446 g/mol. The van der Waals surface area contributed by atoms with Crippen molar-refractivity contribution in [3.63, 3.8) is 0 Å². The Morgan fingerprint density at radius 1 is 0.781 bits per heavy atom. The fourth-order valence-corrected chi connectivity index (χ4v) is 6.24. The molecule has 1 nitrogen and oxygen atoms in total. The number of fused-ring (bicyclic) bond motifs is 1. The zero-order chi connectivity index (χ0) is 22.7. The van der Waals surface area contributed by atoms with Gasteiger partial charge in [0.15, 0.2) is 23.2 Å². The van der Waals surface area contributed by atoms with Gasteiger partial charge < -0.3 is 4.74 Å². The third kappa shape index (κ3) is 4.94. The number of ether oxygens (including phenoxy) is 1. The van der Waals surface area contributed by atoms with Crippen molar-refractivity contribution in [1.29, 1.82) is 0 Å². The van der Waals surface area contributed by atoms with Crippen molar-refractivity contribution < 1.29 is 17.9 Å². The van der Waals surface area contributed by atoms with E-state index in [1.165, 1.54) is 63.9 Å². The van der Waals surface area contributed by atoms with Crippen LogP contribution >= 0.6 is 0 Å². The Bertz CT molecular complexity index is 909. The molecular formula is C28H37F3O. The van der Waals surface area contributed by atoms with Gasteiger partial charge in [-0.15, -0.1) is 0 Å². The molecule has 176 valence electrons. The molecule has 0 unspecified atom stereocenters. The highest BCUT2D eigenvalue weighted by Crippen LogP contribution is 2.43. The minimum absolute atomic E-state index is 0.0361. The first kappa shape index (κ1) is 23.4. The zero-order valence-electron chi connectivity index (χ0n) is 19.6. The molecule has 0 aromatic heterocycles. The number of hydrogen-bond acceptors (Lipinski definition) is 1. The van der Waals surface area contributed by atoms with E-state index in [0.29, 0.717) is 23.3 Å². The van der Waals surface area contributed by atoms with Gasteiger partial charge in [-0.1, -0.05) is 45.1 Å². The SMILES string of the molecule is CCOc1ccc2cc(CCC3CCC(C4CCC(CC)CC4)CC3)c(F)c(F)c2c1F. The predicted molar refractivity (Wildman–Crippen MR) is 124 cm³/mol. The molecule has 0 saturated heterocycles. The van der Waals surface area contributed by atoms with Gasteiger partial charge in [0, 0.05) is 0 Å². The van der Waals surface area contributed by atoms with Crippen LogP contribution in [-0.4, -0.2) is 6.61 Å². The number of halogens is 3. The molecule has 4 rings (SSSR count). The van der Waals surface area contributed by atoms with E-state index >= 15 is 0 Å². The molecule has 4 heteroatoms. The Morgan fingerprint density at radius 2 is 1.41 bits per heavy atom. The average molecular weight is 447 g/mol. The Morgan fingerprint density at radius 3 is 2.00 bits per heavy atom. The second-order valence-corrected chi connectivity index (χ2v) is 10.1. The standard InChI is InChI=1S/C28H37F3O/c1-3-18-5-10-20(11-6-18)21-12-7-19(8-13-21)9-14-23-17-22-15-16-24(32-4-2)27(30)25(22)28(31)26(23)29/h15-21H,3-14H2,1-2H3. The highest BCUT2D eigenvalue weighted by molar-refractivity contribution is 5.86. The minimum Gasteiger partial charge on any atom is -0.491 e. The van der Waals surface area contributed by atoms with Crippen LogP contribution in [0.15, 0.2) is 18.2 Å². The lowest BCUT2D eigenvalue weighted by molar-refractivity contribution is 0.142. The quantitative estimate of drug-likeness (QED) is 0.414. The molecule has 0 spiro atoms. The summed E-state index contributed by atoms with van der Waals surface area (Å²) < 4.78 is 49.3. The summed E-state index contributed by atoms with van der Waals surface area (Å²) in [4.78, 5) is 0. The molecule has 2 aromatic rings. The van der Waals surface area contributed by atoms with Crippen LogP contribution in [-0.2, 0) is 6.42 Å². The first-order chi connectivity index (χ1) is 15.5. The van der Waals surface area contributed by atoms with Crippen molar-refractivity contribution in [3.8, 4) is 5.75 Å². The number of aryl methyl sites for hydroxylation is 1. The van der Waals surface area contributed by atoms with Crippen LogP contribution in [0.4, 0.5) is 13.2 Å². The Kier molecular flexibility index (Phi) is 7.68. The molecule has 2 aliphatic rings. The fraction of sp³-hybridized carbons (Fsp3) is 0.643. The molecule has 0 aliphatic heterocycles. The molecule has 2 aliphatic carbocycles. The van der Waals surface area contributed by atoms with Gasteiger partial charge in [-0.2, -0.15) is 0 Å². The summed E-state index contributed by atoms with van der Waals surface area (Å²) in [7, 11) is 0. The maximum atomic E-state index is 14.8. The van der Waals surface area contributed by atoms with Crippen molar-refractivity contribution in [1.82, 2.24) is 0 Å². The van der Waals surface area contributed by atoms with Gasteiger partial charge in [0.05, 0.1) is 12.0 Å². The van der Waals surface area contributed by atoms with Crippen molar-refractivity contribution in [2.45, 2.75) is 84.5 Å². The van der Waals surface area contributed by atoms with Crippen LogP contribution in [0.2, 0.25) is 0 Å². The lowest BCUT2D eigenvalue weighted by Crippen LogP contribution is -2.25. The van der Waals surface area contributed by atoms with E-state index in [-0.39, 0.29) is 17.7 Å². The maximum Gasteiger partial charge on any atom is 0.175 e. The summed E-state index contributed by atoms with van der Waals surface area (Å²) in [5.41, 5.74) is 0.360. The molecular weight excluding hydrogens is 409 g/mol. The van der Waals surface area contributed by atoms with E-state index in [2.05, 4.69) is 6.92 Å². The summed E-state index contributed by atoms with van der Waals surface area (Å²) in [5.74, 6) is 0.426. The first-order valence-corrected chi connectivity index (χ1v) is 12.7. The van der Waals surface area contributed by atoms with E-state index in [1.54, 1.807) is 19.1 Å². The van der Waals surface area contributed by atoms with Crippen LogP contribution in [0.5, 0.6) is 5.75 Å². The number of hydrogen-bond donors (Lipinski definition) is 0. The van der Waals surface area contributed by atoms with Gasteiger partial charge in [-0.25, -0.2) is 13.2 Å². The Labute approximate surface area is 190 Å². The molecule has 2 aromatic carbocycles. The topological polar surface area (TPSA) is 9.23 Å². The predicted octanol–water partition coefficient (Wildman–Crippen LogP) is 8.61. The lowest BCUT2D eigenvalue weighted by Gasteiger charge is -2.37. The van der Waals surface area contributed by atoms with Gasteiger partial charge in [0.1, 0.15) is 0 Å². The molecule has 32 heavy (non-hydrogen) atoms. The van der Waals surface area contributed by atoms with Crippen LogP contribution in [0.25, 0.3) is 10.8 Å². The molecule has 0 bridgehead atoms. The normalized spacial score (nSPS) is 26.4.